The van der Waals surface area contributed by atoms with Crippen LogP contribution >= 0.6 is 22.7 Å². The third-order valence-electron chi connectivity index (χ3n) is 4.17. The fourth-order valence-corrected chi connectivity index (χ4v) is 4.20. The summed E-state index contributed by atoms with van der Waals surface area (Å²) in [6, 6.07) is 12.8. The van der Waals surface area contributed by atoms with Gasteiger partial charge in [0, 0.05) is 20.9 Å². The molecule has 0 radical (unpaired) electrons. The maximum atomic E-state index is 6.18. The Morgan fingerprint density at radius 2 is 1.19 bits per heavy atom. The molecule has 3 aromatic rings. The molecule has 4 heteroatoms. The second kappa shape index (κ2) is 9.79. The number of benzene rings is 1. The van der Waals surface area contributed by atoms with Crippen LogP contribution in [0.2, 0.25) is 0 Å². The van der Waals surface area contributed by atoms with E-state index in [-0.39, 0.29) is 0 Å². The van der Waals surface area contributed by atoms with Crippen molar-refractivity contribution in [3.8, 4) is 32.4 Å². The van der Waals surface area contributed by atoms with E-state index in [1.54, 1.807) is 22.7 Å². The third kappa shape index (κ3) is 4.68. The summed E-state index contributed by atoms with van der Waals surface area (Å²) in [5, 5.41) is 4.21. The standard InChI is InChI=1S/C22H26O2S2/c1-3-5-11-23-19-15-18(22-10-8-14-26-22)20(24-12-6-4-2)16-17(19)21-9-7-13-25-21/h7-10,13-16H,3-6,11-12H2,1-2H3. The van der Waals surface area contributed by atoms with E-state index in [0.29, 0.717) is 0 Å². The molecule has 0 aliphatic rings. The van der Waals surface area contributed by atoms with Crippen LogP contribution in [0, 0.1) is 0 Å². The Bertz CT molecular complexity index is 709. The van der Waals surface area contributed by atoms with E-state index < -0.39 is 0 Å². The minimum absolute atomic E-state index is 0.745. The molecule has 2 aromatic heterocycles. The Morgan fingerprint density at radius 3 is 1.54 bits per heavy atom. The number of unbranched alkanes of at least 4 members (excludes halogenated alkanes) is 2. The lowest BCUT2D eigenvalue weighted by Crippen LogP contribution is -2.01. The van der Waals surface area contributed by atoms with Crippen LogP contribution in [0.1, 0.15) is 39.5 Å². The van der Waals surface area contributed by atoms with Gasteiger partial charge in [-0.05, 0) is 47.9 Å². The van der Waals surface area contributed by atoms with Crippen molar-refractivity contribution in [3.63, 3.8) is 0 Å². The lowest BCUT2D eigenvalue weighted by Gasteiger charge is -2.17. The Balaban J connectivity index is 2.02. The van der Waals surface area contributed by atoms with Crippen LogP contribution < -0.4 is 9.47 Å². The van der Waals surface area contributed by atoms with Crippen molar-refractivity contribution >= 4 is 22.7 Å². The predicted molar refractivity (Wildman–Crippen MR) is 114 cm³/mol. The molecule has 0 unspecified atom stereocenters. The summed E-state index contributed by atoms with van der Waals surface area (Å²) < 4.78 is 12.4. The van der Waals surface area contributed by atoms with Gasteiger partial charge >= 0.3 is 0 Å². The maximum absolute atomic E-state index is 6.18. The highest BCUT2D eigenvalue weighted by Crippen LogP contribution is 2.43. The van der Waals surface area contributed by atoms with Crippen molar-refractivity contribution in [3.05, 3.63) is 47.2 Å². The number of rotatable bonds is 10. The molecule has 0 amide bonds. The highest BCUT2D eigenvalue weighted by Gasteiger charge is 2.16. The van der Waals surface area contributed by atoms with Crippen LogP contribution in [0.4, 0.5) is 0 Å². The minimum Gasteiger partial charge on any atom is -0.493 e. The molecule has 0 bridgehead atoms. The molecule has 0 fully saturated rings. The van der Waals surface area contributed by atoms with Crippen LogP contribution in [0.15, 0.2) is 47.2 Å². The lowest BCUT2D eigenvalue weighted by molar-refractivity contribution is 0.303. The first-order valence-corrected chi connectivity index (χ1v) is 11.1. The predicted octanol–water partition coefficient (Wildman–Crippen LogP) is 7.50. The zero-order valence-electron chi connectivity index (χ0n) is 15.5. The molecular formula is C22H26O2S2. The summed E-state index contributed by atoms with van der Waals surface area (Å²) in [4.78, 5) is 2.43. The van der Waals surface area contributed by atoms with Crippen LogP contribution in [-0.2, 0) is 0 Å². The molecule has 3 rings (SSSR count). The van der Waals surface area contributed by atoms with E-state index in [1.807, 2.05) is 0 Å². The summed E-state index contributed by atoms with van der Waals surface area (Å²) >= 11 is 3.47. The Labute approximate surface area is 164 Å². The molecule has 0 aliphatic heterocycles. The van der Waals surface area contributed by atoms with Gasteiger partial charge in [-0.25, -0.2) is 0 Å². The first-order valence-electron chi connectivity index (χ1n) is 9.34. The second-order valence-corrected chi connectivity index (χ2v) is 8.10. The fraction of sp³-hybridized carbons (Fsp3) is 0.364. The van der Waals surface area contributed by atoms with Crippen LogP contribution in [-0.4, -0.2) is 13.2 Å². The van der Waals surface area contributed by atoms with E-state index in [9.17, 15) is 0 Å². The normalized spacial score (nSPS) is 10.8. The van der Waals surface area contributed by atoms with Gasteiger partial charge in [0.25, 0.3) is 0 Å². The molecular weight excluding hydrogens is 360 g/mol. The number of hydrogen-bond acceptors (Lipinski definition) is 4. The van der Waals surface area contributed by atoms with Crippen molar-refractivity contribution in [1.29, 1.82) is 0 Å². The summed E-state index contributed by atoms with van der Waals surface area (Å²) in [7, 11) is 0. The molecule has 0 N–H and O–H groups in total. The molecule has 0 atom stereocenters. The summed E-state index contributed by atoms with van der Waals surface area (Å²) in [6.07, 6.45) is 4.38. The smallest absolute Gasteiger partial charge is 0.128 e. The van der Waals surface area contributed by atoms with Gasteiger partial charge in [-0.15, -0.1) is 22.7 Å². The van der Waals surface area contributed by atoms with Gasteiger partial charge in [0.1, 0.15) is 11.5 Å². The molecule has 2 heterocycles. The minimum atomic E-state index is 0.745. The average molecular weight is 387 g/mol. The third-order valence-corrected chi connectivity index (χ3v) is 5.97. The first-order chi connectivity index (χ1) is 12.8. The molecule has 138 valence electrons. The monoisotopic (exact) mass is 386 g/mol. The van der Waals surface area contributed by atoms with Gasteiger partial charge in [0.05, 0.1) is 13.2 Å². The van der Waals surface area contributed by atoms with E-state index >= 15 is 0 Å². The Morgan fingerprint density at radius 1 is 0.731 bits per heavy atom. The van der Waals surface area contributed by atoms with Gasteiger partial charge in [0.15, 0.2) is 0 Å². The van der Waals surface area contributed by atoms with E-state index in [0.717, 1.165) is 61.5 Å². The summed E-state index contributed by atoms with van der Waals surface area (Å²) in [5.41, 5.74) is 2.26. The van der Waals surface area contributed by atoms with Gasteiger partial charge in [-0.3, -0.25) is 0 Å². The average Bonchev–Trinajstić information content (AvgIpc) is 3.36. The summed E-state index contributed by atoms with van der Waals surface area (Å²) in [6.45, 7) is 5.86. The largest absolute Gasteiger partial charge is 0.493 e. The van der Waals surface area contributed by atoms with Crippen molar-refractivity contribution in [2.24, 2.45) is 0 Å². The number of ether oxygens (including phenoxy) is 2. The van der Waals surface area contributed by atoms with Crippen LogP contribution in [0.3, 0.4) is 0 Å². The SMILES string of the molecule is CCCCOc1cc(-c2cccs2)c(OCCCC)cc1-c1cccs1. The van der Waals surface area contributed by atoms with Gasteiger partial charge in [-0.1, -0.05) is 38.8 Å². The Hall–Kier alpha value is -1.78. The highest BCUT2D eigenvalue weighted by atomic mass is 32.1. The quantitative estimate of drug-likeness (QED) is 0.336. The molecule has 2 nitrogen and oxygen atoms in total. The first kappa shape index (κ1) is 19.0. The molecule has 1 aromatic carbocycles. The number of thiophene rings is 2. The molecule has 0 aliphatic carbocycles. The van der Waals surface area contributed by atoms with Crippen LogP contribution in [0.25, 0.3) is 20.9 Å². The number of hydrogen-bond donors (Lipinski definition) is 0. The zero-order chi connectivity index (χ0) is 18.2. The van der Waals surface area contributed by atoms with Gasteiger partial charge in [0.2, 0.25) is 0 Å². The highest BCUT2D eigenvalue weighted by molar-refractivity contribution is 7.14. The van der Waals surface area contributed by atoms with Crippen molar-refractivity contribution < 1.29 is 9.47 Å². The molecule has 26 heavy (non-hydrogen) atoms. The van der Waals surface area contributed by atoms with Crippen molar-refractivity contribution in [2.75, 3.05) is 13.2 Å². The molecule has 0 saturated heterocycles. The van der Waals surface area contributed by atoms with E-state index in [1.165, 1.54) is 9.75 Å². The van der Waals surface area contributed by atoms with E-state index in [4.69, 9.17) is 9.47 Å². The topological polar surface area (TPSA) is 18.5 Å². The van der Waals surface area contributed by atoms with Crippen LogP contribution in [0.5, 0.6) is 11.5 Å². The van der Waals surface area contributed by atoms with Gasteiger partial charge in [-0.2, -0.15) is 0 Å². The zero-order valence-corrected chi connectivity index (χ0v) is 17.1. The van der Waals surface area contributed by atoms with Gasteiger partial charge < -0.3 is 9.47 Å². The molecule has 0 saturated carbocycles. The maximum Gasteiger partial charge on any atom is 0.128 e. The second-order valence-electron chi connectivity index (χ2n) is 6.20. The molecule has 0 spiro atoms. The van der Waals surface area contributed by atoms with E-state index in [2.05, 4.69) is 61.0 Å². The Kier molecular flexibility index (Phi) is 7.15. The fourth-order valence-electron chi connectivity index (χ4n) is 2.70. The summed E-state index contributed by atoms with van der Waals surface area (Å²) in [5.74, 6) is 1.90. The lowest BCUT2D eigenvalue weighted by atomic mass is 10.1. The van der Waals surface area contributed by atoms with Crippen molar-refractivity contribution in [2.45, 2.75) is 39.5 Å². The van der Waals surface area contributed by atoms with Crippen molar-refractivity contribution in [1.82, 2.24) is 0 Å².